The van der Waals surface area contributed by atoms with Gasteiger partial charge in [0.1, 0.15) is 0 Å². The predicted molar refractivity (Wildman–Crippen MR) is 78.7 cm³/mol. The van der Waals surface area contributed by atoms with Crippen LogP contribution in [0.4, 0.5) is 0 Å². The largest absolute Gasteiger partial charge is 0.331 e. The van der Waals surface area contributed by atoms with Gasteiger partial charge in [-0.1, -0.05) is 45.4 Å². The van der Waals surface area contributed by atoms with Crippen LogP contribution in [0.15, 0.2) is 0 Å². The summed E-state index contributed by atoms with van der Waals surface area (Å²) < 4.78 is 24.8. The summed E-state index contributed by atoms with van der Waals surface area (Å²) in [6, 6.07) is 0. The highest BCUT2D eigenvalue weighted by atomic mass is 31.2. The first-order valence-corrected chi connectivity index (χ1v) is 9.90. The average Bonchev–Trinajstić information content (AvgIpc) is 2.41. The molecule has 2 fully saturated rings. The van der Waals surface area contributed by atoms with Crippen molar-refractivity contribution in [2.45, 2.75) is 89.8 Å². The van der Waals surface area contributed by atoms with Gasteiger partial charge in [0.25, 0.3) is 0 Å². The Hall–Kier alpha value is 0.150. The van der Waals surface area contributed by atoms with Crippen molar-refractivity contribution in [2.24, 2.45) is 0 Å². The molecular formula is C15H29O3P. The van der Waals surface area contributed by atoms with Crippen molar-refractivity contribution in [3.8, 4) is 0 Å². The van der Waals surface area contributed by atoms with E-state index in [9.17, 15) is 4.57 Å². The molecule has 3 nitrogen and oxygen atoms in total. The number of hydrogen-bond acceptors (Lipinski definition) is 3. The molecule has 2 aliphatic rings. The van der Waals surface area contributed by atoms with Gasteiger partial charge in [-0.05, 0) is 32.1 Å². The molecule has 0 bridgehead atoms. The van der Waals surface area contributed by atoms with Gasteiger partial charge in [-0.2, -0.15) is 0 Å². The van der Waals surface area contributed by atoms with E-state index in [-0.39, 0.29) is 12.2 Å². The molecular weight excluding hydrogens is 259 g/mol. The normalized spacial score (nSPS) is 23.6. The van der Waals surface area contributed by atoms with Crippen molar-refractivity contribution in [3.63, 3.8) is 0 Å². The highest BCUT2D eigenvalue weighted by Crippen LogP contribution is 2.53. The predicted octanol–water partition coefficient (Wildman–Crippen LogP) is 5.29. The SMILES string of the molecule is CCCP(=O)(OC1CCCCC1)OC1CCCCC1. The van der Waals surface area contributed by atoms with Crippen molar-refractivity contribution in [2.75, 3.05) is 6.16 Å². The molecule has 0 unspecified atom stereocenters. The van der Waals surface area contributed by atoms with E-state index in [0.717, 1.165) is 32.1 Å². The number of rotatable bonds is 6. The molecule has 0 radical (unpaired) electrons. The van der Waals surface area contributed by atoms with E-state index in [1.807, 2.05) is 0 Å². The Bertz CT molecular complexity index is 270. The van der Waals surface area contributed by atoms with Crippen molar-refractivity contribution < 1.29 is 13.6 Å². The fourth-order valence-electron chi connectivity index (χ4n) is 3.20. The summed E-state index contributed by atoms with van der Waals surface area (Å²) >= 11 is 0. The van der Waals surface area contributed by atoms with Crippen molar-refractivity contribution in [1.82, 2.24) is 0 Å². The molecule has 0 saturated heterocycles. The van der Waals surface area contributed by atoms with Gasteiger partial charge in [0.2, 0.25) is 0 Å². The second-order valence-electron chi connectivity index (χ2n) is 6.07. The zero-order valence-electron chi connectivity index (χ0n) is 12.3. The van der Waals surface area contributed by atoms with Gasteiger partial charge in [0.05, 0.1) is 12.2 Å². The Morgan fingerprint density at radius 1 is 0.842 bits per heavy atom. The molecule has 0 amide bonds. The van der Waals surface area contributed by atoms with Gasteiger partial charge >= 0.3 is 7.60 Å². The van der Waals surface area contributed by atoms with Gasteiger partial charge in [0, 0.05) is 6.16 Å². The first-order valence-electron chi connectivity index (χ1n) is 8.18. The first kappa shape index (κ1) is 15.5. The van der Waals surface area contributed by atoms with Gasteiger partial charge in [0.15, 0.2) is 0 Å². The second-order valence-corrected chi connectivity index (χ2v) is 8.16. The maximum Gasteiger partial charge on any atom is 0.331 e. The third-order valence-electron chi connectivity index (χ3n) is 4.22. The van der Waals surface area contributed by atoms with Gasteiger partial charge in [-0.25, -0.2) is 0 Å². The summed E-state index contributed by atoms with van der Waals surface area (Å²) in [6.45, 7) is 2.06. The molecule has 2 rings (SSSR count). The minimum absolute atomic E-state index is 0.176. The van der Waals surface area contributed by atoms with Gasteiger partial charge < -0.3 is 9.05 Å². The van der Waals surface area contributed by atoms with E-state index < -0.39 is 7.60 Å². The Morgan fingerprint density at radius 3 is 1.63 bits per heavy atom. The van der Waals surface area contributed by atoms with Crippen LogP contribution in [0.3, 0.4) is 0 Å². The van der Waals surface area contributed by atoms with Crippen molar-refractivity contribution >= 4 is 7.60 Å². The van der Waals surface area contributed by atoms with Gasteiger partial charge in [-0.15, -0.1) is 0 Å². The molecule has 0 heterocycles. The topological polar surface area (TPSA) is 35.5 Å². The third kappa shape index (κ3) is 5.21. The molecule has 2 aliphatic carbocycles. The molecule has 0 N–H and O–H groups in total. The van der Waals surface area contributed by atoms with Crippen LogP contribution in [0.25, 0.3) is 0 Å². The maximum absolute atomic E-state index is 12.9. The lowest BCUT2D eigenvalue weighted by Crippen LogP contribution is -2.21. The Balaban J connectivity index is 1.89. The fourth-order valence-corrected chi connectivity index (χ4v) is 5.34. The summed E-state index contributed by atoms with van der Waals surface area (Å²) in [7, 11) is -2.86. The quantitative estimate of drug-likeness (QED) is 0.623. The van der Waals surface area contributed by atoms with E-state index >= 15 is 0 Å². The molecule has 0 aliphatic heterocycles. The lowest BCUT2D eigenvalue weighted by Gasteiger charge is -2.31. The molecule has 112 valence electrons. The Labute approximate surface area is 118 Å². The molecule has 0 aromatic heterocycles. The molecule has 0 aromatic carbocycles. The summed E-state index contributed by atoms with van der Waals surface area (Å²) in [6.07, 6.45) is 13.5. The lowest BCUT2D eigenvalue weighted by molar-refractivity contribution is 0.0791. The van der Waals surface area contributed by atoms with Crippen LogP contribution in [0.5, 0.6) is 0 Å². The van der Waals surface area contributed by atoms with Gasteiger partial charge in [-0.3, -0.25) is 4.57 Å². The molecule has 4 heteroatoms. The summed E-state index contributed by atoms with van der Waals surface area (Å²) in [5, 5.41) is 0. The lowest BCUT2D eigenvalue weighted by atomic mass is 9.98. The smallest absolute Gasteiger partial charge is 0.305 e. The highest BCUT2D eigenvalue weighted by molar-refractivity contribution is 7.53. The average molecular weight is 288 g/mol. The molecule has 0 spiro atoms. The van der Waals surface area contributed by atoms with E-state index in [2.05, 4.69) is 6.92 Å². The third-order valence-corrected chi connectivity index (χ3v) is 6.45. The maximum atomic E-state index is 12.9. The van der Waals surface area contributed by atoms with E-state index in [4.69, 9.17) is 9.05 Å². The van der Waals surface area contributed by atoms with Crippen LogP contribution in [0, 0.1) is 0 Å². The molecule has 0 aromatic rings. The van der Waals surface area contributed by atoms with Crippen molar-refractivity contribution in [1.29, 1.82) is 0 Å². The summed E-state index contributed by atoms with van der Waals surface area (Å²) in [5.74, 6) is 0. The Morgan fingerprint density at radius 2 is 1.26 bits per heavy atom. The van der Waals surface area contributed by atoms with E-state index in [1.54, 1.807) is 0 Å². The van der Waals surface area contributed by atoms with Crippen LogP contribution < -0.4 is 0 Å². The highest BCUT2D eigenvalue weighted by Gasteiger charge is 2.32. The van der Waals surface area contributed by atoms with Crippen molar-refractivity contribution in [3.05, 3.63) is 0 Å². The molecule has 2 saturated carbocycles. The van der Waals surface area contributed by atoms with E-state index in [1.165, 1.54) is 38.5 Å². The van der Waals surface area contributed by atoms with Crippen LogP contribution in [0.2, 0.25) is 0 Å². The van der Waals surface area contributed by atoms with Crippen LogP contribution in [-0.4, -0.2) is 18.4 Å². The zero-order chi connectivity index (χ0) is 13.6. The van der Waals surface area contributed by atoms with Crippen LogP contribution in [-0.2, 0) is 13.6 Å². The summed E-state index contributed by atoms with van der Waals surface area (Å²) in [4.78, 5) is 0. The Kier molecular flexibility index (Phi) is 6.38. The molecule has 0 atom stereocenters. The number of hydrogen-bond donors (Lipinski definition) is 0. The second kappa shape index (κ2) is 7.81. The minimum atomic E-state index is -2.86. The zero-order valence-corrected chi connectivity index (χ0v) is 13.2. The first-order chi connectivity index (χ1) is 9.22. The molecule has 19 heavy (non-hydrogen) atoms. The van der Waals surface area contributed by atoms with Crippen LogP contribution >= 0.6 is 7.60 Å². The summed E-state index contributed by atoms with van der Waals surface area (Å²) in [5.41, 5.74) is 0. The standard InChI is InChI=1S/C15H29O3P/c1-2-13-19(16,17-14-9-5-3-6-10-14)18-15-11-7-4-8-12-15/h14-15H,2-13H2,1H3. The van der Waals surface area contributed by atoms with E-state index in [0.29, 0.717) is 6.16 Å². The minimum Gasteiger partial charge on any atom is -0.305 e. The fraction of sp³-hybridized carbons (Fsp3) is 1.00. The van der Waals surface area contributed by atoms with Crippen LogP contribution in [0.1, 0.15) is 77.6 Å². The monoisotopic (exact) mass is 288 g/mol.